The van der Waals surface area contributed by atoms with Gasteiger partial charge in [0.25, 0.3) is 5.91 Å². The Labute approximate surface area is 211 Å². The first-order chi connectivity index (χ1) is 17.2. The number of hydrogen-bond donors (Lipinski definition) is 2. The van der Waals surface area contributed by atoms with Gasteiger partial charge >= 0.3 is 7.05 Å². The van der Waals surface area contributed by atoms with Crippen LogP contribution in [0.25, 0.3) is 5.70 Å². The zero-order chi connectivity index (χ0) is 25.5. The van der Waals surface area contributed by atoms with Crippen LogP contribution >= 0.6 is 0 Å². The Morgan fingerprint density at radius 2 is 1.92 bits per heavy atom. The summed E-state index contributed by atoms with van der Waals surface area (Å²) >= 11 is 0. The number of likely N-dealkylation sites (tertiary alicyclic amines) is 2. The summed E-state index contributed by atoms with van der Waals surface area (Å²) in [5, 5.41) is 9.61. The molecule has 5 rings (SSSR count). The van der Waals surface area contributed by atoms with Gasteiger partial charge in [-0.3, -0.25) is 15.1 Å². The highest BCUT2D eigenvalue weighted by Gasteiger charge is 2.48. The Hall–Kier alpha value is -2.21. The summed E-state index contributed by atoms with van der Waals surface area (Å²) in [6.07, 6.45) is 3.32. The van der Waals surface area contributed by atoms with E-state index in [1.165, 1.54) is 19.2 Å². The molecule has 0 atom stereocenters. The molecular formula is C25H35BF2N4O4. The average molecular weight is 504 g/mol. The molecule has 2 N–H and O–H groups in total. The van der Waals surface area contributed by atoms with E-state index in [-0.39, 0.29) is 18.7 Å². The van der Waals surface area contributed by atoms with Crippen LogP contribution in [0.15, 0.2) is 24.3 Å². The van der Waals surface area contributed by atoms with Crippen LogP contribution in [0.4, 0.5) is 8.78 Å². The number of carbonyl (C=O) groups is 1. The number of ether oxygens (including phenoxy) is 1. The number of benzene rings is 1. The second kappa shape index (κ2) is 9.93. The zero-order valence-electron chi connectivity index (χ0n) is 21.0. The SMILES string of the molecule is CONC1=CC2(CCN(C(=O)C3(F)CCN(CC4CN(B(C)O)C4)CC3)CC2)Oc2ccc(F)cc21. The van der Waals surface area contributed by atoms with Gasteiger partial charge in [-0.25, -0.2) is 8.78 Å². The number of piperidine rings is 2. The van der Waals surface area contributed by atoms with Crippen molar-refractivity contribution >= 4 is 18.7 Å². The minimum atomic E-state index is -1.83. The van der Waals surface area contributed by atoms with Gasteiger partial charge in [-0.05, 0) is 50.1 Å². The first kappa shape index (κ1) is 25.4. The third-order valence-electron chi connectivity index (χ3n) is 8.12. The molecule has 0 aliphatic carbocycles. The van der Waals surface area contributed by atoms with Gasteiger partial charge in [-0.15, -0.1) is 0 Å². The maximum atomic E-state index is 15.8. The molecule has 3 saturated heterocycles. The van der Waals surface area contributed by atoms with Crippen molar-refractivity contribution < 1.29 is 28.2 Å². The van der Waals surface area contributed by atoms with E-state index in [4.69, 9.17) is 9.57 Å². The van der Waals surface area contributed by atoms with Crippen molar-refractivity contribution in [2.45, 2.75) is 43.8 Å². The molecule has 1 aromatic rings. The number of amides is 1. The average Bonchev–Trinajstić information content (AvgIpc) is 2.83. The lowest BCUT2D eigenvalue weighted by Crippen LogP contribution is -2.59. The van der Waals surface area contributed by atoms with Gasteiger partial charge in [0.15, 0.2) is 5.67 Å². The van der Waals surface area contributed by atoms with E-state index in [1.54, 1.807) is 17.8 Å². The minimum absolute atomic E-state index is 0.206. The van der Waals surface area contributed by atoms with E-state index < -0.39 is 24.2 Å². The predicted octanol–water partition coefficient (Wildman–Crippen LogP) is 1.92. The summed E-state index contributed by atoms with van der Waals surface area (Å²) in [5.74, 6) is 0.253. The highest BCUT2D eigenvalue weighted by atomic mass is 19.1. The summed E-state index contributed by atoms with van der Waals surface area (Å²) in [6, 6.07) is 4.35. The normalized spacial score (nSPS) is 23.9. The van der Waals surface area contributed by atoms with Gasteiger partial charge < -0.3 is 24.4 Å². The van der Waals surface area contributed by atoms with E-state index in [0.29, 0.717) is 61.9 Å². The van der Waals surface area contributed by atoms with Gasteiger partial charge in [0.05, 0.1) is 12.8 Å². The van der Waals surface area contributed by atoms with Crippen LogP contribution in [0, 0.1) is 11.7 Å². The first-order valence-electron chi connectivity index (χ1n) is 12.8. The number of fused-ring (bicyclic) bond motifs is 1. The third-order valence-corrected chi connectivity index (χ3v) is 8.12. The van der Waals surface area contributed by atoms with Gasteiger partial charge in [0.2, 0.25) is 0 Å². The quantitative estimate of drug-likeness (QED) is 0.453. The lowest BCUT2D eigenvalue weighted by molar-refractivity contribution is -0.150. The predicted molar refractivity (Wildman–Crippen MR) is 132 cm³/mol. The summed E-state index contributed by atoms with van der Waals surface area (Å²) in [6.45, 7) is 6.29. The summed E-state index contributed by atoms with van der Waals surface area (Å²) < 4.78 is 35.9. The van der Waals surface area contributed by atoms with Crippen molar-refractivity contribution in [1.29, 1.82) is 0 Å². The molecule has 4 heterocycles. The second-order valence-corrected chi connectivity index (χ2v) is 10.7. The molecule has 196 valence electrons. The number of hydrogen-bond acceptors (Lipinski definition) is 7. The number of halogens is 2. The lowest BCUT2D eigenvalue weighted by atomic mass is 9.78. The monoisotopic (exact) mass is 504 g/mol. The molecule has 0 bridgehead atoms. The van der Waals surface area contributed by atoms with Crippen LogP contribution in [0.2, 0.25) is 6.82 Å². The topological polar surface area (TPSA) is 77.5 Å². The van der Waals surface area contributed by atoms with Crippen LogP contribution in [0.3, 0.4) is 0 Å². The van der Waals surface area contributed by atoms with E-state index in [1.807, 2.05) is 10.9 Å². The zero-order valence-corrected chi connectivity index (χ0v) is 21.0. The molecule has 1 aromatic carbocycles. The van der Waals surface area contributed by atoms with Crippen LogP contribution in [0.5, 0.6) is 5.75 Å². The summed E-state index contributed by atoms with van der Waals surface area (Å²) in [5.41, 5.74) is 1.52. The largest absolute Gasteiger partial charge is 0.482 e. The van der Waals surface area contributed by atoms with Gasteiger partial charge in [0, 0.05) is 64.0 Å². The van der Waals surface area contributed by atoms with E-state index >= 15 is 4.39 Å². The van der Waals surface area contributed by atoms with Gasteiger partial charge in [-0.1, -0.05) is 0 Å². The Kier molecular flexibility index (Phi) is 7.02. The van der Waals surface area contributed by atoms with E-state index in [2.05, 4.69) is 10.4 Å². The number of carbonyl (C=O) groups excluding carboxylic acids is 1. The molecule has 36 heavy (non-hydrogen) atoms. The van der Waals surface area contributed by atoms with E-state index in [9.17, 15) is 14.2 Å². The van der Waals surface area contributed by atoms with Gasteiger partial charge in [-0.2, -0.15) is 0 Å². The van der Waals surface area contributed by atoms with Crippen molar-refractivity contribution in [1.82, 2.24) is 20.1 Å². The Morgan fingerprint density at radius 1 is 1.22 bits per heavy atom. The Morgan fingerprint density at radius 3 is 2.56 bits per heavy atom. The second-order valence-electron chi connectivity index (χ2n) is 10.7. The van der Waals surface area contributed by atoms with Crippen molar-refractivity contribution in [3.8, 4) is 5.75 Å². The van der Waals surface area contributed by atoms with Crippen LogP contribution in [-0.2, 0) is 9.63 Å². The van der Waals surface area contributed by atoms with Crippen LogP contribution in [0.1, 0.15) is 31.2 Å². The number of alkyl halides is 1. The van der Waals surface area contributed by atoms with Crippen LogP contribution < -0.4 is 10.2 Å². The van der Waals surface area contributed by atoms with Crippen molar-refractivity contribution in [3.05, 3.63) is 35.7 Å². The summed E-state index contributed by atoms with van der Waals surface area (Å²) in [7, 11) is 1.07. The highest BCUT2D eigenvalue weighted by molar-refractivity contribution is 6.45. The molecule has 0 radical (unpaired) electrons. The maximum absolute atomic E-state index is 15.8. The minimum Gasteiger partial charge on any atom is -0.482 e. The Balaban J connectivity index is 1.16. The molecule has 0 unspecified atom stereocenters. The highest BCUT2D eigenvalue weighted by Crippen LogP contribution is 2.41. The maximum Gasteiger partial charge on any atom is 0.376 e. The standard InChI is InChI=1S/C25H35BF2N4O4/c1-26(34)32-16-18(17-32)15-30-9-7-25(28,8-10-30)23(33)31-11-5-24(6-12-31)14-21(29-35-2)20-13-19(27)3-4-22(20)36-24/h3-4,13-14,18,29,34H,5-12,15-17H2,1-2H3. The van der Waals surface area contributed by atoms with Gasteiger partial charge in [0.1, 0.15) is 17.2 Å². The van der Waals surface area contributed by atoms with Crippen LogP contribution in [-0.4, -0.2) is 96.8 Å². The molecule has 3 fully saturated rings. The molecule has 0 aromatic heterocycles. The third kappa shape index (κ3) is 4.98. The molecule has 1 spiro atoms. The molecule has 4 aliphatic heterocycles. The smallest absolute Gasteiger partial charge is 0.376 e. The fourth-order valence-electron chi connectivity index (χ4n) is 5.90. The number of hydroxylamine groups is 1. The van der Waals surface area contributed by atoms with Crippen molar-refractivity contribution in [2.24, 2.45) is 5.92 Å². The van der Waals surface area contributed by atoms with Crippen molar-refractivity contribution in [3.63, 3.8) is 0 Å². The number of nitrogens with zero attached hydrogens (tertiary/aromatic N) is 3. The molecule has 0 saturated carbocycles. The fraction of sp³-hybridized carbons (Fsp3) is 0.640. The fourth-order valence-corrected chi connectivity index (χ4v) is 5.90. The molecular weight excluding hydrogens is 469 g/mol. The number of rotatable bonds is 6. The molecule has 1 amide bonds. The Bertz CT molecular complexity index is 1000. The summed E-state index contributed by atoms with van der Waals surface area (Å²) in [4.78, 5) is 24.2. The number of nitrogens with one attached hydrogen (secondary N) is 1. The van der Waals surface area contributed by atoms with E-state index in [0.717, 1.165) is 19.6 Å². The lowest BCUT2D eigenvalue weighted by Gasteiger charge is -2.46. The molecule has 11 heteroatoms. The first-order valence-corrected chi connectivity index (χ1v) is 12.8. The van der Waals surface area contributed by atoms with Crippen molar-refractivity contribution in [2.75, 3.05) is 52.9 Å². The molecule has 8 nitrogen and oxygen atoms in total. The molecule has 4 aliphatic rings.